The molecule has 2 aromatic heterocycles. The maximum absolute atomic E-state index is 5.92. The molecular formula is C13H18N4O. The van der Waals surface area contributed by atoms with Crippen molar-refractivity contribution in [3.63, 3.8) is 0 Å². The van der Waals surface area contributed by atoms with Gasteiger partial charge in [0, 0.05) is 12.7 Å². The molecule has 0 atom stereocenters. The number of fused-ring (bicyclic) bond motifs is 1. The van der Waals surface area contributed by atoms with Crippen molar-refractivity contribution in [2.24, 2.45) is 0 Å². The van der Waals surface area contributed by atoms with Gasteiger partial charge in [0.2, 0.25) is 5.95 Å². The number of nitrogens with two attached hydrogens (primary N) is 1. The molecule has 18 heavy (non-hydrogen) atoms. The fourth-order valence-corrected chi connectivity index (χ4v) is 2.60. The molecule has 1 fully saturated rings. The minimum Gasteiger partial charge on any atom is -0.376 e. The van der Waals surface area contributed by atoms with Crippen LogP contribution in [0.2, 0.25) is 0 Å². The number of nitrogens with zero attached hydrogens (tertiary/aromatic N) is 3. The zero-order valence-electron chi connectivity index (χ0n) is 10.4. The molecule has 96 valence electrons. The summed E-state index contributed by atoms with van der Waals surface area (Å²) in [4.78, 5) is 8.33. The maximum atomic E-state index is 5.92. The molecular weight excluding hydrogens is 228 g/mol. The molecule has 0 saturated heterocycles. The van der Waals surface area contributed by atoms with E-state index in [1.807, 2.05) is 10.6 Å². The van der Waals surface area contributed by atoms with Crippen molar-refractivity contribution in [3.05, 3.63) is 18.5 Å². The van der Waals surface area contributed by atoms with Gasteiger partial charge < -0.3 is 15.0 Å². The summed E-state index contributed by atoms with van der Waals surface area (Å²) in [5.74, 6) is 0.535. The Morgan fingerprint density at radius 3 is 3.06 bits per heavy atom. The van der Waals surface area contributed by atoms with Crippen LogP contribution in [0.3, 0.4) is 0 Å². The number of imidazole rings is 1. The Labute approximate surface area is 106 Å². The lowest BCUT2D eigenvalue weighted by atomic mass is 10.3. The van der Waals surface area contributed by atoms with Gasteiger partial charge in [0.25, 0.3) is 0 Å². The molecule has 0 spiro atoms. The van der Waals surface area contributed by atoms with Crippen LogP contribution in [0.25, 0.3) is 11.0 Å². The van der Waals surface area contributed by atoms with Crippen LogP contribution in [0.4, 0.5) is 5.95 Å². The van der Waals surface area contributed by atoms with Gasteiger partial charge in [-0.3, -0.25) is 4.98 Å². The molecule has 2 heterocycles. The first kappa shape index (κ1) is 11.5. The lowest BCUT2D eigenvalue weighted by Gasteiger charge is -2.12. The minimum atomic E-state index is 0.447. The number of pyridine rings is 1. The molecule has 0 aromatic carbocycles. The van der Waals surface area contributed by atoms with Gasteiger partial charge in [-0.2, -0.15) is 0 Å². The van der Waals surface area contributed by atoms with Crippen LogP contribution >= 0.6 is 0 Å². The molecule has 0 amide bonds. The molecule has 3 rings (SSSR count). The van der Waals surface area contributed by atoms with Crippen LogP contribution in [0.15, 0.2) is 18.5 Å². The van der Waals surface area contributed by atoms with Crippen LogP contribution in [0.5, 0.6) is 0 Å². The topological polar surface area (TPSA) is 66.0 Å². The van der Waals surface area contributed by atoms with Gasteiger partial charge in [-0.15, -0.1) is 0 Å². The Bertz CT molecular complexity index is 531. The Kier molecular flexibility index (Phi) is 3.15. The van der Waals surface area contributed by atoms with E-state index in [0.29, 0.717) is 18.7 Å². The summed E-state index contributed by atoms with van der Waals surface area (Å²) in [6.45, 7) is 1.45. The largest absolute Gasteiger partial charge is 0.376 e. The first-order valence-electron chi connectivity index (χ1n) is 6.52. The minimum absolute atomic E-state index is 0.447. The number of hydrogen-bond acceptors (Lipinski definition) is 4. The number of rotatable bonds is 4. The molecule has 0 radical (unpaired) electrons. The van der Waals surface area contributed by atoms with Crippen LogP contribution < -0.4 is 5.73 Å². The van der Waals surface area contributed by atoms with Crippen molar-refractivity contribution in [2.45, 2.75) is 38.3 Å². The van der Waals surface area contributed by atoms with Crippen LogP contribution in [-0.4, -0.2) is 27.2 Å². The van der Waals surface area contributed by atoms with Gasteiger partial charge in [-0.05, 0) is 18.9 Å². The molecule has 5 heteroatoms. The predicted octanol–water partition coefficient (Wildman–Crippen LogP) is 1.97. The van der Waals surface area contributed by atoms with E-state index in [1.165, 1.54) is 25.7 Å². The van der Waals surface area contributed by atoms with E-state index in [2.05, 4.69) is 9.97 Å². The van der Waals surface area contributed by atoms with Crippen molar-refractivity contribution in [1.29, 1.82) is 0 Å². The average molecular weight is 246 g/mol. The number of ether oxygens (including phenoxy) is 1. The highest BCUT2D eigenvalue weighted by Gasteiger charge is 2.15. The number of anilines is 1. The summed E-state index contributed by atoms with van der Waals surface area (Å²) < 4.78 is 7.85. The molecule has 2 aromatic rings. The van der Waals surface area contributed by atoms with E-state index < -0.39 is 0 Å². The average Bonchev–Trinajstić information content (AvgIpc) is 2.98. The molecule has 1 aliphatic carbocycles. The molecule has 1 saturated carbocycles. The normalized spacial score (nSPS) is 16.7. The number of aromatic nitrogens is 3. The van der Waals surface area contributed by atoms with Crippen LogP contribution in [0.1, 0.15) is 25.7 Å². The van der Waals surface area contributed by atoms with Gasteiger partial charge in [0.1, 0.15) is 5.52 Å². The van der Waals surface area contributed by atoms with Crippen molar-refractivity contribution in [2.75, 3.05) is 12.3 Å². The van der Waals surface area contributed by atoms with Crippen molar-refractivity contribution in [3.8, 4) is 0 Å². The highest BCUT2D eigenvalue weighted by molar-refractivity contribution is 5.76. The Morgan fingerprint density at radius 1 is 1.39 bits per heavy atom. The second-order valence-corrected chi connectivity index (χ2v) is 4.76. The summed E-state index contributed by atoms with van der Waals surface area (Å²) >= 11 is 0. The monoisotopic (exact) mass is 246 g/mol. The number of hydrogen-bond donors (Lipinski definition) is 1. The van der Waals surface area contributed by atoms with E-state index in [9.17, 15) is 0 Å². The van der Waals surface area contributed by atoms with Crippen molar-refractivity contribution >= 4 is 17.0 Å². The van der Waals surface area contributed by atoms with E-state index in [-0.39, 0.29) is 0 Å². The van der Waals surface area contributed by atoms with Crippen molar-refractivity contribution in [1.82, 2.24) is 14.5 Å². The summed E-state index contributed by atoms with van der Waals surface area (Å²) in [5, 5.41) is 0. The second-order valence-electron chi connectivity index (χ2n) is 4.76. The van der Waals surface area contributed by atoms with E-state index >= 15 is 0 Å². The third kappa shape index (κ3) is 2.18. The third-order valence-corrected chi connectivity index (χ3v) is 3.55. The fraction of sp³-hybridized carbons (Fsp3) is 0.538. The zero-order valence-corrected chi connectivity index (χ0v) is 10.4. The van der Waals surface area contributed by atoms with E-state index in [1.54, 1.807) is 12.4 Å². The lowest BCUT2D eigenvalue weighted by Crippen LogP contribution is -2.14. The summed E-state index contributed by atoms with van der Waals surface area (Å²) in [5.41, 5.74) is 7.78. The first-order chi connectivity index (χ1) is 8.84. The fourth-order valence-electron chi connectivity index (χ4n) is 2.60. The zero-order chi connectivity index (χ0) is 12.4. The van der Waals surface area contributed by atoms with Gasteiger partial charge in [-0.25, -0.2) is 4.98 Å². The molecule has 5 nitrogen and oxygen atoms in total. The summed E-state index contributed by atoms with van der Waals surface area (Å²) in [7, 11) is 0. The smallest absolute Gasteiger partial charge is 0.201 e. The molecule has 1 aliphatic rings. The quantitative estimate of drug-likeness (QED) is 0.895. The highest BCUT2D eigenvalue weighted by Crippen LogP contribution is 2.21. The summed E-state index contributed by atoms with van der Waals surface area (Å²) in [6, 6.07) is 1.94. The Balaban J connectivity index is 1.68. The van der Waals surface area contributed by atoms with Gasteiger partial charge in [0.05, 0.1) is 24.4 Å². The highest BCUT2D eigenvalue weighted by atomic mass is 16.5. The maximum Gasteiger partial charge on any atom is 0.201 e. The number of nitrogen functional groups attached to an aromatic ring is 1. The van der Waals surface area contributed by atoms with Gasteiger partial charge in [-0.1, -0.05) is 12.8 Å². The molecule has 0 bridgehead atoms. The molecule has 0 unspecified atom stereocenters. The second kappa shape index (κ2) is 4.94. The van der Waals surface area contributed by atoms with Gasteiger partial charge in [0.15, 0.2) is 0 Å². The first-order valence-corrected chi connectivity index (χ1v) is 6.52. The van der Waals surface area contributed by atoms with Gasteiger partial charge >= 0.3 is 0 Å². The van der Waals surface area contributed by atoms with Crippen LogP contribution in [0, 0.1) is 0 Å². The SMILES string of the molecule is Nc1nc2cnccc2n1CCOC1CCCC1. The van der Waals surface area contributed by atoms with E-state index in [4.69, 9.17) is 10.5 Å². The van der Waals surface area contributed by atoms with E-state index in [0.717, 1.165) is 17.6 Å². The Hall–Kier alpha value is -1.62. The Morgan fingerprint density at radius 2 is 2.22 bits per heavy atom. The predicted molar refractivity (Wildman–Crippen MR) is 70.1 cm³/mol. The molecule has 2 N–H and O–H groups in total. The van der Waals surface area contributed by atoms with Crippen LogP contribution in [-0.2, 0) is 11.3 Å². The molecule has 0 aliphatic heterocycles. The standard InChI is InChI=1S/C13H18N4O/c14-13-16-11-9-15-6-5-12(11)17(13)7-8-18-10-3-1-2-4-10/h5-6,9-10H,1-4,7-8H2,(H2,14,16). The van der Waals surface area contributed by atoms with Crippen molar-refractivity contribution < 1.29 is 4.74 Å². The lowest BCUT2D eigenvalue weighted by molar-refractivity contribution is 0.0537. The summed E-state index contributed by atoms with van der Waals surface area (Å²) in [6.07, 6.45) is 8.94. The third-order valence-electron chi connectivity index (χ3n) is 3.55.